The predicted molar refractivity (Wildman–Crippen MR) is 47.1 cm³/mol. The van der Waals surface area contributed by atoms with Gasteiger partial charge in [0, 0.05) is 19.5 Å². The maximum Gasteiger partial charge on any atom is 0.217 e. The Morgan fingerprint density at radius 3 is 2.69 bits per heavy atom. The number of carbonyl (C=O) groups is 1. The van der Waals surface area contributed by atoms with Crippen LogP contribution in [-0.4, -0.2) is 47.0 Å². The first kappa shape index (κ1) is 10.4. The lowest BCUT2D eigenvalue weighted by molar-refractivity contribution is -0.122. The molecule has 5 heteroatoms. The number of piperidine rings is 1. The van der Waals surface area contributed by atoms with Crippen LogP contribution in [0.15, 0.2) is 0 Å². The minimum Gasteiger partial charge on any atom is -0.390 e. The van der Waals surface area contributed by atoms with E-state index in [2.05, 4.69) is 10.6 Å². The van der Waals surface area contributed by atoms with Gasteiger partial charge >= 0.3 is 0 Å². The van der Waals surface area contributed by atoms with Crippen LogP contribution in [0.5, 0.6) is 0 Å². The average Bonchev–Trinajstić information content (AvgIpc) is 2.05. The molecule has 1 amide bonds. The van der Waals surface area contributed by atoms with E-state index in [-0.39, 0.29) is 11.9 Å². The second-order valence-corrected chi connectivity index (χ2v) is 3.48. The fraction of sp³-hybridized carbons (Fsp3) is 0.875. The minimum absolute atomic E-state index is 0.111. The molecule has 1 aliphatic rings. The van der Waals surface area contributed by atoms with E-state index in [0.29, 0.717) is 6.54 Å². The van der Waals surface area contributed by atoms with Gasteiger partial charge in [-0.1, -0.05) is 0 Å². The van der Waals surface area contributed by atoms with Gasteiger partial charge in [-0.15, -0.1) is 0 Å². The number of amides is 1. The smallest absolute Gasteiger partial charge is 0.217 e. The second kappa shape index (κ2) is 4.04. The summed E-state index contributed by atoms with van der Waals surface area (Å²) in [4.78, 5) is 10.8. The van der Waals surface area contributed by atoms with Crippen molar-refractivity contribution in [3.8, 4) is 0 Å². The van der Waals surface area contributed by atoms with Gasteiger partial charge < -0.3 is 20.8 Å². The molecule has 0 aromatic rings. The van der Waals surface area contributed by atoms with Crippen LogP contribution in [-0.2, 0) is 4.79 Å². The van der Waals surface area contributed by atoms with Crippen molar-refractivity contribution in [3.05, 3.63) is 0 Å². The van der Waals surface area contributed by atoms with Crippen molar-refractivity contribution in [1.82, 2.24) is 10.6 Å². The highest BCUT2D eigenvalue weighted by atomic mass is 16.3. The van der Waals surface area contributed by atoms with Gasteiger partial charge in [0.15, 0.2) is 0 Å². The largest absolute Gasteiger partial charge is 0.390 e. The molecule has 4 unspecified atom stereocenters. The second-order valence-electron chi connectivity index (χ2n) is 3.48. The number of nitrogens with one attached hydrogen (secondary N) is 2. The van der Waals surface area contributed by atoms with Crippen molar-refractivity contribution in [1.29, 1.82) is 0 Å². The van der Waals surface area contributed by atoms with E-state index < -0.39 is 18.2 Å². The first-order chi connectivity index (χ1) is 6.02. The maximum atomic E-state index is 10.8. The van der Waals surface area contributed by atoms with Crippen molar-refractivity contribution in [2.75, 3.05) is 6.54 Å². The Hall–Kier alpha value is -0.650. The zero-order chi connectivity index (χ0) is 10.0. The summed E-state index contributed by atoms with van der Waals surface area (Å²) in [7, 11) is 0. The van der Waals surface area contributed by atoms with Crippen LogP contribution in [0.2, 0.25) is 0 Å². The lowest BCUT2D eigenvalue weighted by Gasteiger charge is -2.37. The van der Waals surface area contributed by atoms with Gasteiger partial charge in [0.25, 0.3) is 0 Å². The first-order valence-electron chi connectivity index (χ1n) is 4.39. The summed E-state index contributed by atoms with van der Waals surface area (Å²) in [6, 6.07) is -0.672. The molecule has 1 rings (SSSR count). The molecule has 0 aliphatic carbocycles. The van der Waals surface area contributed by atoms with E-state index >= 15 is 0 Å². The summed E-state index contributed by atoms with van der Waals surface area (Å²) < 4.78 is 0. The third-order valence-electron chi connectivity index (χ3n) is 2.31. The molecule has 1 heterocycles. The molecule has 0 aromatic heterocycles. The number of hydrogen-bond donors (Lipinski definition) is 4. The van der Waals surface area contributed by atoms with Crippen molar-refractivity contribution >= 4 is 5.91 Å². The standard InChI is InChI=1S/C8H16N2O3/c1-4-8(13)7(10-5(2)11)6(12)3-9-4/h4,6-9,12-13H,3H2,1-2H3,(H,10,11). The molecule has 1 saturated heterocycles. The third-order valence-corrected chi connectivity index (χ3v) is 2.31. The van der Waals surface area contributed by atoms with Gasteiger partial charge in [0.05, 0.1) is 18.2 Å². The molecule has 13 heavy (non-hydrogen) atoms. The molecule has 0 aromatic carbocycles. The lowest BCUT2D eigenvalue weighted by Crippen LogP contribution is -2.64. The van der Waals surface area contributed by atoms with Gasteiger partial charge in [-0.3, -0.25) is 4.79 Å². The number of β-amino-alcohol motifs (C(OH)–C–C–N with tert-alkyl or cyclic N) is 1. The molecule has 5 nitrogen and oxygen atoms in total. The van der Waals surface area contributed by atoms with Gasteiger partial charge in [-0.2, -0.15) is 0 Å². The SMILES string of the molecule is CC(=O)NC1C(O)CNC(C)C1O. The molecule has 0 bridgehead atoms. The molecule has 0 radical (unpaired) electrons. The predicted octanol–water partition coefficient (Wildman–Crippen LogP) is -1.80. The maximum absolute atomic E-state index is 10.8. The van der Waals surface area contributed by atoms with E-state index in [4.69, 9.17) is 0 Å². The van der Waals surface area contributed by atoms with E-state index in [1.165, 1.54) is 6.92 Å². The molecule has 76 valence electrons. The van der Waals surface area contributed by atoms with Crippen molar-refractivity contribution < 1.29 is 15.0 Å². The fourth-order valence-electron chi connectivity index (χ4n) is 1.51. The highest BCUT2D eigenvalue weighted by Gasteiger charge is 2.35. The number of carbonyl (C=O) groups excluding carboxylic acids is 1. The van der Waals surface area contributed by atoms with Crippen LogP contribution in [0.25, 0.3) is 0 Å². The highest BCUT2D eigenvalue weighted by Crippen LogP contribution is 2.10. The summed E-state index contributed by atoms with van der Waals surface area (Å²) in [6.07, 6.45) is -1.47. The Morgan fingerprint density at radius 1 is 1.54 bits per heavy atom. The van der Waals surface area contributed by atoms with Crippen LogP contribution in [0.3, 0.4) is 0 Å². The normalized spacial score (nSPS) is 40.0. The van der Waals surface area contributed by atoms with Crippen LogP contribution < -0.4 is 10.6 Å². The molecule has 0 spiro atoms. The van der Waals surface area contributed by atoms with E-state index in [1.54, 1.807) is 0 Å². The summed E-state index contributed by atoms with van der Waals surface area (Å²) >= 11 is 0. The van der Waals surface area contributed by atoms with E-state index in [0.717, 1.165) is 0 Å². The van der Waals surface area contributed by atoms with Gasteiger partial charge in [-0.05, 0) is 6.92 Å². The Kier molecular flexibility index (Phi) is 3.24. The van der Waals surface area contributed by atoms with Crippen LogP contribution in [0, 0.1) is 0 Å². The fourth-order valence-corrected chi connectivity index (χ4v) is 1.51. The topological polar surface area (TPSA) is 81.6 Å². The van der Waals surface area contributed by atoms with Crippen LogP contribution in [0.4, 0.5) is 0 Å². The number of aliphatic hydroxyl groups excluding tert-OH is 2. The summed E-state index contributed by atoms with van der Waals surface area (Å²) in [5, 5.41) is 24.6. The summed E-state index contributed by atoms with van der Waals surface area (Å²) in [5.41, 5.74) is 0. The quantitative estimate of drug-likeness (QED) is 0.391. The van der Waals surface area contributed by atoms with Crippen LogP contribution >= 0.6 is 0 Å². The van der Waals surface area contributed by atoms with E-state index in [9.17, 15) is 15.0 Å². The monoisotopic (exact) mass is 188 g/mol. The molecule has 0 saturated carbocycles. The zero-order valence-corrected chi connectivity index (χ0v) is 7.82. The minimum atomic E-state index is -0.743. The molecule has 1 fully saturated rings. The van der Waals surface area contributed by atoms with Crippen molar-refractivity contribution in [2.24, 2.45) is 0 Å². The Bertz CT molecular complexity index is 198. The molecule has 4 N–H and O–H groups in total. The number of rotatable bonds is 1. The Labute approximate surface area is 77.1 Å². The molecular formula is C8H16N2O3. The number of aliphatic hydroxyl groups is 2. The van der Waals surface area contributed by atoms with Gasteiger partial charge in [-0.25, -0.2) is 0 Å². The lowest BCUT2D eigenvalue weighted by atomic mass is 9.94. The zero-order valence-electron chi connectivity index (χ0n) is 7.82. The van der Waals surface area contributed by atoms with Gasteiger partial charge in [0.1, 0.15) is 0 Å². The summed E-state index contributed by atoms with van der Waals surface area (Å²) in [6.45, 7) is 3.57. The van der Waals surface area contributed by atoms with Crippen molar-refractivity contribution in [3.63, 3.8) is 0 Å². The molecule has 4 atom stereocenters. The Balaban J connectivity index is 2.60. The summed E-state index contributed by atoms with van der Waals surface area (Å²) in [5.74, 6) is -0.239. The molecule has 1 aliphatic heterocycles. The van der Waals surface area contributed by atoms with Gasteiger partial charge in [0.2, 0.25) is 5.91 Å². The highest BCUT2D eigenvalue weighted by molar-refractivity contribution is 5.73. The third kappa shape index (κ3) is 2.40. The first-order valence-corrected chi connectivity index (χ1v) is 4.39. The van der Waals surface area contributed by atoms with Crippen LogP contribution in [0.1, 0.15) is 13.8 Å². The average molecular weight is 188 g/mol. The molecular weight excluding hydrogens is 172 g/mol. The Morgan fingerprint density at radius 2 is 2.15 bits per heavy atom. The van der Waals surface area contributed by atoms with Crippen molar-refractivity contribution in [2.45, 2.75) is 38.1 Å². The van der Waals surface area contributed by atoms with E-state index in [1.807, 2.05) is 6.92 Å². The number of hydrogen-bond acceptors (Lipinski definition) is 4.